The topological polar surface area (TPSA) is 56.3 Å². The van der Waals surface area contributed by atoms with Gasteiger partial charge in [-0.05, 0) is 12.1 Å². The van der Waals surface area contributed by atoms with Crippen LogP contribution in [-0.2, 0) is 11.0 Å². The Bertz CT molecular complexity index is 528. The maximum Gasteiger partial charge on any atom is 1.00 e. The first-order valence-corrected chi connectivity index (χ1v) is 6.12. The summed E-state index contributed by atoms with van der Waals surface area (Å²) in [6.07, 6.45) is -3.38. The predicted molar refractivity (Wildman–Crippen MR) is 63.7 cm³/mol. The number of pyridine rings is 1. The molecule has 0 spiro atoms. The van der Waals surface area contributed by atoms with Crippen molar-refractivity contribution in [2.24, 2.45) is 11.3 Å². The van der Waals surface area contributed by atoms with Crippen LogP contribution in [0.2, 0.25) is 0 Å². The molecule has 8 heteroatoms. The van der Waals surface area contributed by atoms with Gasteiger partial charge in [0, 0.05) is 42.3 Å². The van der Waals surface area contributed by atoms with Gasteiger partial charge in [0.15, 0.2) is 0 Å². The Morgan fingerprint density at radius 1 is 1.38 bits per heavy atom. The molecule has 1 aromatic rings. The third-order valence-corrected chi connectivity index (χ3v) is 3.83. The smallest absolute Gasteiger partial charge is 0.550 e. The van der Waals surface area contributed by atoms with Gasteiger partial charge in [-0.25, -0.2) is 0 Å². The molecule has 0 aliphatic carbocycles. The van der Waals surface area contributed by atoms with E-state index in [0.29, 0.717) is 18.8 Å². The minimum Gasteiger partial charge on any atom is -0.550 e. The first kappa shape index (κ1) is 17.9. The molecule has 110 valence electrons. The summed E-state index contributed by atoms with van der Waals surface area (Å²) in [6, 6.07) is 2.46. The number of rotatable bonds is 3. The summed E-state index contributed by atoms with van der Waals surface area (Å²) in [5.41, 5.74) is -1.54. The van der Waals surface area contributed by atoms with Crippen molar-refractivity contribution in [1.82, 2.24) is 4.98 Å². The van der Waals surface area contributed by atoms with Crippen molar-refractivity contribution in [1.29, 1.82) is 0 Å². The van der Waals surface area contributed by atoms with Gasteiger partial charge >= 0.3 is 25.0 Å². The number of carbonyl (C=O) groups is 1. The minimum atomic E-state index is -4.48. The number of carboxylic acids is 1. The SMILES string of the molecule is CC(C)(C(=O)[O-])C1CN(c2ccnc(C(F)(F)F)c2)C1.[Li+]. The van der Waals surface area contributed by atoms with Gasteiger partial charge in [0.05, 0.1) is 0 Å². The molecule has 0 radical (unpaired) electrons. The molecular formula is C13H14F3LiN2O2. The number of carbonyl (C=O) groups excluding carboxylic acids is 1. The number of carboxylic acid groups (broad SMARTS) is 1. The van der Waals surface area contributed by atoms with Gasteiger partial charge in [0.2, 0.25) is 0 Å². The van der Waals surface area contributed by atoms with E-state index in [2.05, 4.69) is 4.98 Å². The number of anilines is 1. The third kappa shape index (κ3) is 3.53. The van der Waals surface area contributed by atoms with Crippen LogP contribution in [0.3, 0.4) is 0 Å². The van der Waals surface area contributed by atoms with E-state index >= 15 is 0 Å². The molecule has 0 bridgehead atoms. The zero-order valence-electron chi connectivity index (χ0n) is 12.1. The van der Waals surface area contributed by atoms with Crippen LogP contribution in [0.1, 0.15) is 19.5 Å². The Hall–Kier alpha value is -1.19. The maximum atomic E-state index is 12.6. The second-order valence-electron chi connectivity index (χ2n) is 5.51. The van der Waals surface area contributed by atoms with Crippen LogP contribution < -0.4 is 28.9 Å². The quantitative estimate of drug-likeness (QED) is 0.625. The molecule has 0 atom stereocenters. The Morgan fingerprint density at radius 2 is 1.95 bits per heavy atom. The largest absolute Gasteiger partial charge is 1.00 e. The molecule has 2 rings (SSSR count). The van der Waals surface area contributed by atoms with Crippen LogP contribution in [-0.4, -0.2) is 24.0 Å². The van der Waals surface area contributed by atoms with Crippen LogP contribution in [0.4, 0.5) is 18.9 Å². The van der Waals surface area contributed by atoms with Crippen LogP contribution in [0, 0.1) is 11.3 Å². The summed E-state index contributed by atoms with van der Waals surface area (Å²) in [4.78, 5) is 16.0. The first-order valence-electron chi connectivity index (χ1n) is 6.12. The molecule has 1 aliphatic heterocycles. The van der Waals surface area contributed by atoms with Crippen molar-refractivity contribution in [3.63, 3.8) is 0 Å². The number of aliphatic carboxylic acids is 1. The van der Waals surface area contributed by atoms with Crippen molar-refractivity contribution in [2.75, 3.05) is 18.0 Å². The fraction of sp³-hybridized carbons (Fsp3) is 0.538. The molecule has 1 saturated heterocycles. The second kappa shape index (κ2) is 5.89. The molecule has 0 unspecified atom stereocenters. The number of nitrogens with zero attached hydrogens (tertiary/aromatic N) is 2. The number of hydrogen-bond acceptors (Lipinski definition) is 4. The van der Waals surface area contributed by atoms with E-state index in [4.69, 9.17) is 0 Å². The van der Waals surface area contributed by atoms with E-state index in [1.165, 1.54) is 6.07 Å². The normalized spacial score (nSPS) is 16.1. The monoisotopic (exact) mass is 294 g/mol. The summed E-state index contributed by atoms with van der Waals surface area (Å²) in [6.45, 7) is 3.92. The fourth-order valence-electron chi connectivity index (χ4n) is 2.08. The standard InChI is InChI=1S/C13H15F3N2O2.Li/c1-12(2,11(19)20)8-6-18(7-8)9-3-4-17-10(5-9)13(14,15)16;/h3-5,8H,6-7H2,1-2H3,(H,19,20);/q;+1/p-1. The zero-order chi connectivity index (χ0) is 15.1. The average Bonchev–Trinajstić information content (AvgIpc) is 2.25. The Balaban J connectivity index is 0.00000220. The molecule has 0 aromatic carbocycles. The Labute approximate surface area is 132 Å². The maximum absolute atomic E-state index is 12.6. The molecule has 2 heterocycles. The van der Waals surface area contributed by atoms with E-state index in [1.807, 2.05) is 0 Å². The zero-order valence-corrected chi connectivity index (χ0v) is 12.1. The van der Waals surface area contributed by atoms with Gasteiger partial charge < -0.3 is 14.8 Å². The molecule has 0 amide bonds. The summed E-state index contributed by atoms with van der Waals surface area (Å²) in [5.74, 6) is -1.29. The van der Waals surface area contributed by atoms with Crippen LogP contribution in [0.25, 0.3) is 0 Å². The minimum absolute atomic E-state index is 0. The number of halogens is 3. The van der Waals surface area contributed by atoms with Crippen molar-refractivity contribution < 1.29 is 41.9 Å². The van der Waals surface area contributed by atoms with E-state index in [-0.39, 0.29) is 24.8 Å². The predicted octanol–water partition coefficient (Wildman–Crippen LogP) is -1.68. The summed E-state index contributed by atoms with van der Waals surface area (Å²) >= 11 is 0. The molecule has 0 saturated carbocycles. The molecule has 1 aliphatic rings. The first-order chi connectivity index (χ1) is 9.12. The van der Waals surface area contributed by atoms with E-state index in [9.17, 15) is 23.1 Å². The van der Waals surface area contributed by atoms with Crippen LogP contribution in [0.5, 0.6) is 0 Å². The number of alkyl halides is 3. The number of aromatic nitrogens is 1. The van der Waals surface area contributed by atoms with Crippen LogP contribution >= 0.6 is 0 Å². The Morgan fingerprint density at radius 3 is 2.43 bits per heavy atom. The van der Waals surface area contributed by atoms with Crippen molar-refractivity contribution in [3.05, 3.63) is 24.0 Å². The fourth-order valence-corrected chi connectivity index (χ4v) is 2.08. The summed E-state index contributed by atoms with van der Waals surface area (Å²) < 4.78 is 37.7. The van der Waals surface area contributed by atoms with Crippen molar-refractivity contribution >= 4 is 11.7 Å². The average molecular weight is 294 g/mol. The second-order valence-corrected chi connectivity index (χ2v) is 5.51. The van der Waals surface area contributed by atoms with Gasteiger partial charge in [0.1, 0.15) is 5.69 Å². The Kier molecular flexibility index (Phi) is 5.01. The summed E-state index contributed by atoms with van der Waals surface area (Å²) in [5, 5.41) is 11.0. The van der Waals surface area contributed by atoms with E-state index in [1.54, 1.807) is 18.7 Å². The molecular weight excluding hydrogens is 280 g/mol. The van der Waals surface area contributed by atoms with Crippen LogP contribution in [0.15, 0.2) is 18.3 Å². The molecule has 1 aromatic heterocycles. The van der Waals surface area contributed by atoms with Gasteiger partial charge in [-0.15, -0.1) is 0 Å². The van der Waals surface area contributed by atoms with Gasteiger partial charge in [-0.2, -0.15) is 13.2 Å². The van der Waals surface area contributed by atoms with Gasteiger partial charge in [-0.1, -0.05) is 13.8 Å². The van der Waals surface area contributed by atoms with Crippen molar-refractivity contribution in [3.8, 4) is 0 Å². The summed E-state index contributed by atoms with van der Waals surface area (Å²) in [7, 11) is 0. The molecule has 0 N–H and O–H groups in total. The van der Waals surface area contributed by atoms with Crippen molar-refractivity contribution in [2.45, 2.75) is 20.0 Å². The van der Waals surface area contributed by atoms with E-state index < -0.39 is 23.3 Å². The molecule has 1 fully saturated rings. The van der Waals surface area contributed by atoms with Gasteiger partial charge in [0.25, 0.3) is 0 Å². The molecule has 21 heavy (non-hydrogen) atoms. The van der Waals surface area contributed by atoms with Gasteiger partial charge in [-0.3, -0.25) is 4.98 Å². The van der Waals surface area contributed by atoms with E-state index in [0.717, 1.165) is 12.3 Å². The molecule has 4 nitrogen and oxygen atoms in total. The number of hydrogen-bond donors (Lipinski definition) is 0. The third-order valence-electron chi connectivity index (χ3n) is 3.83.